The molecule has 0 heterocycles. The largest absolute Gasteiger partial charge is 0.355 e. The van der Waals surface area contributed by atoms with E-state index in [1.165, 1.54) is 0 Å². The molecule has 0 fully saturated rings. The van der Waals surface area contributed by atoms with Crippen molar-refractivity contribution in [1.82, 2.24) is 5.32 Å². The van der Waals surface area contributed by atoms with Gasteiger partial charge in [-0.2, -0.15) is 0 Å². The zero-order valence-corrected chi connectivity index (χ0v) is 16.4. The molecule has 2 aromatic rings. The van der Waals surface area contributed by atoms with Gasteiger partial charge in [0.2, 0.25) is 0 Å². The summed E-state index contributed by atoms with van der Waals surface area (Å²) in [5, 5.41) is 6.34. The van der Waals surface area contributed by atoms with Crippen molar-refractivity contribution >= 4 is 40.7 Å². The minimum atomic E-state index is -0.291. The monoisotopic (exact) mass is 394 g/mol. The summed E-state index contributed by atoms with van der Waals surface area (Å²) in [6.45, 7) is 2.50. The molecule has 2 amide bonds. The summed E-state index contributed by atoms with van der Waals surface area (Å²) in [6, 6.07) is 12.0. The first-order valence-electron chi connectivity index (χ1n) is 8.21. The van der Waals surface area contributed by atoms with Crippen LogP contribution in [0.5, 0.6) is 0 Å². The highest BCUT2D eigenvalue weighted by atomic mass is 35.5. The van der Waals surface area contributed by atoms with Crippen molar-refractivity contribution in [2.75, 3.05) is 19.4 Å². The van der Waals surface area contributed by atoms with E-state index in [-0.39, 0.29) is 17.9 Å². The lowest BCUT2D eigenvalue weighted by Gasteiger charge is -2.21. The Hall–Kier alpha value is -2.08. The van der Waals surface area contributed by atoms with Gasteiger partial charge in [0.05, 0.1) is 17.8 Å². The SMILES string of the molecule is CNC(=O)c1ccc(C[NH+](C)[C@H](C)C(=O)Nc2ccc(Cl)cc2Cl)cc1. The number of halogens is 2. The average Bonchev–Trinajstić information content (AvgIpc) is 2.63. The van der Waals surface area contributed by atoms with Crippen LogP contribution in [-0.4, -0.2) is 32.0 Å². The molecule has 2 rings (SSSR count). The molecule has 0 spiro atoms. The van der Waals surface area contributed by atoms with Gasteiger partial charge in [-0.1, -0.05) is 35.3 Å². The van der Waals surface area contributed by atoms with E-state index in [1.54, 1.807) is 37.4 Å². The molecule has 0 bridgehead atoms. The molecule has 3 N–H and O–H groups in total. The van der Waals surface area contributed by atoms with Crippen molar-refractivity contribution in [3.05, 3.63) is 63.6 Å². The summed E-state index contributed by atoms with van der Waals surface area (Å²) in [6.07, 6.45) is 0. The van der Waals surface area contributed by atoms with Gasteiger partial charge in [0.15, 0.2) is 6.04 Å². The number of benzene rings is 2. The van der Waals surface area contributed by atoms with Crippen molar-refractivity contribution in [3.8, 4) is 0 Å². The zero-order chi connectivity index (χ0) is 19.3. The molecule has 5 nitrogen and oxygen atoms in total. The lowest BCUT2D eigenvalue weighted by Crippen LogP contribution is -3.12. The molecule has 0 aromatic heterocycles. The van der Waals surface area contributed by atoms with Crippen molar-refractivity contribution in [1.29, 1.82) is 0 Å². The Morgan fingerprint density at radius 1 is 1.12 bits per heavy atom. The Kier molecular flexibility index (Phi) is 7.03. The number of carbonyl (C=O) groups excluding carboxylic acids is 2. The molecule has 26 heavy (non-hydrogen) atoms. The number of nitrogens with one attached hydrogen (secondary N) is 3. The minimum absolute atomic E-state index is 0.121. The third-order valence-electron chi connectivity index (χ3n) is 4.25. The van der Waals surface area contributed by atoms with Crippen molar-refractivity contribution in [3.63, 3.8) is 0 Å². The summed E-state index contributed by atoms with van der Waals surface area (Å²) in [5.74, 6) is -0.251. The van der Waals surface area contributed by atoms with Crippen molar-refractivity contribution < 1.29 is 14.5 Å². The van der Waals surface area contributed by atoms with Crippen LogP contribution in [0.2, 0.25) is 10.0 Å². The van der Waals surface area contributed by atoms with Crippen molar-refractivity contribution in [2.45, 2.75) is 19.5 Å². The smallest absolute Gasteiger partial charge is 0.282 e. The number of hydrogen-bond acceptors (Lipinski definition) is 2. The van der Waals surface area contributed by atoms with Gasteiger partial charge in [0.1, 0.15) is 6.54 Å². The maximum Gasteiger partial charge on any atom is 0.282 e. The van der Waals surface area contributed by atoms with Crippen LogP contribution in [0.25, 0.3) is 0 Å². The molecule has 0 saturated heterocycles. The lowest BCUT2D eigenvalue weighted by molar-refractivity contribution is -0.907. The zero-order valence-electron chi connectivity index (χ0n) is 14.9. The summed E-state index contributed by atoms with van der Waals surface area (Å²) < 4.78 is 0. The minimum Gasteiger partial charge on any atom is -0.355 e. The summed E-state index contributed by atoms with van der Waals surface area (Å²) in [7, 11) is 3.54. The third kappa shape index (κ3) is 5.21. The number of amides is 2. The summed E-state index contributed by atoms with van der Waals surface area (Å²) in [4.78, 5) is 25.1. The predicted molar refractivity (Wildman–Crippen MR) is 105 cm³/mol. The molecule has 2 aromatic carbocycles. The van der Waals surface area contributed by atoms with E-state index >= 15 is 0 Å². The van der Waals surface area contributed by atoms with Crippen molar-refractivity contribution in [2.24, 2.45) is 0 Å². The van der Waals surface area contributed by atoms with Crippen LogP contribution in [0.1, 0.15) is 22.8 Å². The maximum atomic E-state index is 12.5. The van der Waals surface area contributed by atoms with E-state index in [0.717, 1.165) is 10.5 Å². The fraction of sp³-hybridized carbons (Fsp3) is 0.263. The fourth-order valence-corrected chi connectivity index (χ4v) is 2.90. The Balaban J connectivity index is 1.98. The van der Waals surface area contributed by atoms with Gasteiger partial charge in [-0.3, -0.25) is 9.59 Å². The van der Waals surface area contributed by atoms with Crippen LogP contribution in [-0.2, 0) is 11.3 Å². The Labute approximate surface area is 163 Å². The summed E-state index contributed by atoms with van der Waals surface area (Å²) in [5.41, 5.74) is 2.19. The standard InChI is InChI=1S/C19H21Cl2N3O2/c1-12(18(25)23-17-9-8-15(20)10-16(17)21)24(3)11-13-4-6-14(7-5-13)19(26)22-2/h4-10,12H,11H2,1-3H3,(H,22,26)(H,23,25)/p+1/t12-/m1/s1. The van der Waals surface area contributed by atoms with Crippen LogP contribution in [0.15, 0.2) is 42.5 Å². The molecule has 0 aliphatic rings. The van der Waals surface area contributed by atoms with Gasteiger partial charge in [-0.05, 0) is 37.3 Å². The molecule has 0 aliphatic carbocycles. The van der Waals surface area contributed by atoms with E-state index in [0.29, 0.717) is 27.8 Å². The van der Waals surface area contributed by atoms with Gasteiger partial charge in [-0.25, -0.2) is 0 Å². The second kappa shape index (κ2) is 9.03. The van der Waals surface area contributed by atoms with Gasteiger partial charge >= 0.3 is 0 Å². The quantitative estimate of drug-likeness (QED) is 0.704. The Morgan fingerprint density at radius 2 is 1.77 bits per heavy atom. The number of quaternary nitrogens is 1. The Morgan fingerprint density at radius 3 is 2.35 bits per heavy atom. The highest BCUT2D eigenvalue weighted by Crippen LogP contribution is 2.25. The number of hydrogen-bond donors (Lipinski definition) is 3. The van der Waals surface area contributed by atoms with Crippen LogP contribution in [0.4, 0.5) is 5.69 Å². The fourth-order valence-electron chi connectivity index (χ4n) is 2.45. The highest BCUT2D eigenvalue weighted by molar-refractivity contribution is 6.36. The molecular formula is C19H22Cl2N3O2+. The Bertz CT molecular complexity index is 794. The van der Waals surface area contributed by atoms with E-state index < -0.39 is 0 Å². The molecular weight excluding hydrogens is 373 g/mol. The molecule has 7 heteroatoms. The topological polar surface area (TPSA) is 62.6 Å². The molecule has 0 saturated carbocycles. The first-order valence-corrected chi connectivity index (χ1v) is 8.96. The third-order valence-corrected chi connectivity index (χ3v) is 4.80. The maximum absolute atomic E-state index is 12.5. The van der Waals surface area contributed by atoms with Gasteiger partial charge in [-0.15, -0.1) is 0 Å². The second-order valence-corrected chi connectivity index (χ2v) is 6.98. The van der Waals surface area contributed by atoms with Gasteiger partial charge in [0.25, 0.3) is 11.8 Å². The number of likely N-dealkylation sites (N-methyl/N-ethyl adjacent to an activating group) is 1. The molecule has 2 atom stereocenters. The van der Waals surface area contributed by atoms with E-state index in [9.17, 15) is 9.59 Å². The van der Waals surface area contributed by atoms with E-state index in [2.05, 4.69) is 10.6 Å². The first-order chi connectivity index (χ1) is 12.3. The lowest BCUT2D eigenvalue weighted by atomic mass is 10.1. The molecule has 0 aliphatic heterocycles. The summed E-state index contributed by atoms with van der Waals surface area (Å²) >= 11 is 12.0. The highest BCUT2D eigenvalue weighted by Gasteiger charge is 2.22. The number of rotatable bonds is 6. The van der Waals surface area contributed by atoms with Crippen LogP contribution in [0.3, 0.4) is 0 Å². The van der Waals surface area contributed by atoms with Crippen LogP contribution in [0, 0.1) is 0 Å². The molecule has 1 unspecified atom stereocenters. The second-order valence-electron chi connectivity index (χ2n) is 6.13. The van der Waals surface area contributed by atoms with E-state index in [4.69, 9.17) is 23.2 Å². The molecule has 138 valence electrons. The van der Waals surface area contributed by atoms with Gasteiger partial charge < -0.3 is 15.5 Å². The number of anilines is 1. The average molecular weight is 395 g/mol. The van der Waals surface area contributed by atoms with Crippen LogP contribution < -0.4 is 15.5 Å². The van der Waals surface area contributed by atoms with Crippen LogP contribution >= 0.6 is 23.2 Å². The molecule has 0 radical (unpaired) electrons. The predicted octanol–water partition coefficient (Wildman–Crippen LogP) is 2.39. The van der Waals surface area contributed by atoms with E-state index in [1.807, 2.05) is 26.1 Å². The normalized spacial score (nSPS) is 13.0. The first kappa shape index (κ1) is 20.2. The number of carbonyl (C=O) groups is 2. The van der Waals surface area contributed by atoms with Gasteiger partial charge in [0, 0.05) is 23.2 Å².